The summed E-state index contributed by atoms with van der Waals surface area (Å²) in [5.41, 5.74) is 7.06. The van der Waals surface area contributed by atoms with Crippen molar-refractivity contribution in [1.82, 2.24) is 10.2 Å². The molecular weight excluding hydrogens is 258 g/mol. The van der Waals surface area contributed by atoms with Crippen molar-refractivity contribution in [3.63, 3.8) is 0 Å². The number of nitrogens with two attached hydrogens (primary N) is 1. The first kappa shape index (κ1) is 14.3. The minimum absolute atomic E-state index is 0.347. The summed E-state index contributed by atoms with van der Waals surface area (Å²) in [4.78, 5) is 25.0. The van der Waals surface area contributed by atoms with Crippen LogP contribution in [0.5, 0.6) is 0 Å². The van der Waals surface area contributed by atoms with Crippen LogP contribution in [-0.2, 0) is 11.2 Å². The average molecular weight is 277 g/mol. The number of aliphatic carboxylic acids is 1. The van der Waals surface area contributed by atoms with E-state index in [0.717, 1.165) is 5.56 Å². The van der Waals surface area contributed by atoms with Gasteiger partial charge in [0.25, 0.3) is 0 Å². The van der Waals surface area contributed by atoms with Crippen molar-refractivity contribution in [1.29, 1.82) is 0 Å². The second-order valence-electron chi connectivity index (χ2n) is 4.76. The van der Waals surface area contributed by atoms with Crippen molar-refractivity contribution < 1.29 is 14.7 Å². The van der Waals surface area contributed by atoms with Gasteiger partial charge in [0.2, 0.25) is 0 Å². The quantitative estimate of drug-likeness (QED) is 0.707. The van der Waals surface area contributed by atoms with E-state index in [4.69, 9.17) is 5.73 Å². The highest BCUT2D eigenvalue weighted by atomic mass is 16.4. The van der Waals surface area contributed by atoms with Gasteiger partial charge in [0.15, 0.2) is 6.04 Å². The normalized spacial score (nSPS) is 17.4. The molecule has 1 heterocycles. The maximum absolute atomic E-state index is 12.1. The Kier molecular flexibility index (Phi) is 4.57. The van der Waals surface area contributed by atoms with E-state index in [-0.39, 0.29) is 6.03 Å². The zero-order chi connectivity index (χ0) is 14.5. The summed E-state index contributed by atoms with van der Waals surface area (Å²) in [6.07, 6.45) is 1.35. The largest absolute Gasteiger partial charge is 0.479 e. The Labute approximate surface area is 117 Å². The Morgan fingerprint density at radius 3 is 2.85 bits per heavy atom. The first-order chi connectivity index (χ1) is 9.65. The van der Waals surface area contributed by atoms with E-state index in [2.05, 4.69) is 5.32 Å². The number of fused-ring (bicyclic) bond motifs is 1. The molecular formula is C14H19N3O3. The molecule has 1 aromatic rings. The number of benzene rings is 1. The Morgan fingerprint density at radius 1 is 1.40 bits per heavy atom. The highest BCUT2D eigenvalue weighted by Gasteiger charge is 2.35. The van der Waals surface area contributed by atoms with Crippen LogP contribution in [0.15, 0.2) is 24.3 Å². The van der Waals surface area contributed by atoms with Crippen molar-refractivity contribution in [2.24, 2.45) is 5.73 Å². The van der Waals surface area contributed by atoms with Gasteiger partial charge < -0.3 is 21.1 Å². The lowest BCUT2D eigenvalue weighted by Gasteiger charge is -2.34. The summed E-state index contributed by atoms with van der Waals surface area (Å²) < 4.78 is 0. The second-order valence-corrected chi connectivity index (χ2v) is 4.76. The van der Waals surface area contributed by atoms with Gasteiger partial charge in [0, 0.05) is 13.1 Å². The van der Waals surface area contributed by atoms with Gasteiger partial charge in [-0.25, -0.2) is 9.59 Å². The molecule has 0 saturated heterocycles. The lowest BCUT2D eigenvalue weighted by molar-refractivity contribution is -0.142. The zero-order valence-electron chi connectivity index (χ0n) is 11.2. The molecule has 108 valence electrons. The molecule has 1 aromatic carbocycles. The number of carbonyl (C=O) groups is 2. The fourth-order valence-corrected chi connectivity index (χ4v) is 2.45. The minimum atomic E-state index is -1.01. The highest BCUT2D eigenvalue weighted by molar-refractivity contribution is 5.84. The van der Waals surface area contributed by atoms with Crippen LogP contribution in [0.25, 0.3) is 0 Å². The third kappa shape index (κ3) is 2.91. The first-order valence-corrected chi connectivity index (χ1v) is 6.70. The van der Waals surface area contributed by atoms with Gasteiger partial charge in [-0.3, -0.25) is 0 Å². The summed E-state index contributed by atoms with van der Waals surface area (Å²) in [6, 6.07) is 6.10. The standard InChI is InChI=1S/C14H19N3O3/c15-7-3-8-16-14(20)17-9-6-10-4-1-2-5-11(10)12(17)13(18)19/h1-2,4-5,12H,3,6-9,15H2,(H,16,20)(H,18,19). The molecule has 1 aliphatic rings. The van der Waals surface area contributed by atoms with E-state index < -0.39 is 12.0 Å². The molecule has 1 atom stereocenters. The predicted octanol–water partition coefficient (Wildman–Crippen LogP) is 0.729. The number of carbonyl (C=O) groups excluding carboxylic acids is 1. The summed E-state index contributed by atoms with van der Waals surface area (Å²) in [5, 5.41) is 12.1. The molecule has 0 radical (unpaired) electrons. The lowest BCUT2D eigenvalue weighted by Crippen LogP contribution is -2.48. The summed E-state index contributed by atoms with van der Waals surface area (Å²) in [6.45, 7) is 1.35. The van der Waals surface area contributed by atoms with E-state index in [1.165, 1.54) is 4.90 Å². The van der Waals surface area contributed by atoms with Crippen LogP contribution in [0.3, 0.4) is 0 Å². The maximum atomic E-state index is 12.1. The van der Waals surface area contributed by atoms with Gasteiger partial charge in [-0.15, -0.1) is 0 Å². The second kappa shape index (κ2) is 6.38. The van der Waals surface area contributed by atoms with Crippen LogP contribution >= 0.6 is 0 Å². The summed E-state index contributed by atoms with van der Waals surface area (Å²) in [5.74, 6) is -1.01. The Balaban J connectivity index is 2.18. The molecule has 2 rings (SSSR count). The van der Waals surface area contributed by atoms with E-state index in [0.29, 0.717) is 38.0 Å². The summed E-state index contributed by atoms with van der Waals surface area (Å²) in [7, 11) is 0. The number of hydrogen-bond donors (Lipinski definition) is 3. The average Bonchev–Trinajstić information content (AvgIpc) is 2.45. The van der Waals surface area contributed by atoms with E-state index in [9.17, 15) is 14.7 Å². The number of urea groups is 1. The van der Waals surface area contributed by atoms with Crippen LogP contribution in [-0.4, -0.2) is 41.6 Å². The van der Waals surface area contributed by atoms with Gasteiger partial charge in [0.1, 0.15) is 0 Å². The van der Waals surface area contributed by atoms with Crippen molar-refractivity contribution >= 4 is 12.0 Å². The molecule has 0 aromatic heterocycles. The zero-order valence-corrected chi connectivity index (χ0v) is 11.2. The van der Waals surface area contributed by atoms with Gasteiger partial charge in [-0.1, -0.05) is 24.3 Å². The van der Waals surface area contributed by atoms with E-state index in [1.54, 1.807) is 12.1 Å². The number of rotatable bonds is 4. The molecule has 20 heavy (non-hydrogen) atoms. The smallest absolute Gasteiger partial charge is 0.331 e. The Bertz CT molecular complexity index is 504. The van der Waals surface area contributed by atoms with Crippen molar-refractivity contribution in [3.8, 4) is 0 Å². The van der Waals surface area contributed by atoms with Crippen LogP contribution in [0.2, 0.25) is 0 Å². The predicted molar refractivity (Wildman–Crippen MR) is 74.3 cm³/mol. The Morgan fingerprint density at radius 2 is 2.15 bits per heavy atom. The van der Waals surface area contributed by atoms with Gasteiger partial charge >= 0.3 is 12.0 Å². The van der Waals surface area contributed by atoms with Crippen LogP contribution in [0, 0.1) is 0 Å². The SMILES string of the molecule is NCCCNC(=O)N1CCc2ccccc2C1C(=O)O. The molecule has 1 aliphatic heterocycles. The van der Waals surface area contributed by atoms with Gasteiger partial charge in [-0.2, -0.15) is 0 Å². The monoisotopic (exact) mass is 277 g/mol. The number of carboxylic acids is 1. The topological polar surface area (TPSA) is 95.7 Å². The maximum Gasteiger partial charge on any atom is 0.331 e. The fraction of sp³-hybridized carbons (Fsp3) is 0.429. The molecule has 4 N–H and O–H groups in total. The third-order valence-corrected chi connectivity index (χ3v) is 3.44. The molecule has 0 fully saturated rings. The molecule has 0 aliphatic carbocycles. The lowest BCUT2D eigenvalue weighted by atomic mass is 9.93. The Hall–Kier alpha value is -2.08. The minimum Gasteiger partial charge on any atom is -0.479 e. The van der Waals surface area contributed by atoms with E-state index in [1.807, 2.05) is 12.1 Å². The van der Waals surface area contributed by atoms with Crippen LogP contribution in [0.1, 0.15) is 23.6 Å². The molecule has 6 heteroatoms. The molecule has 0 bridgehead atoms. The number of nitrogens with zero attached hydrogens (tertiary/aromatic N) is 1. The summed E-state index contributed by atoms with van der Waals surface area (Å²) >= 11 is 0. The number of hydrogen-bond acceptors (Lipinski definition) is 3. The van der Waals surface area contributed by atoms with E-state index >= 15 is 0 Å². The molecule has 6 nitrogen and oxygen atoms in total. The van der Waals surface area contributed by atoms with Crippen molar-refractivity contribution in [2.45, 2.75) is 18.9 Å². The number of carboxylic acid groups (broad SMARTS) is 1. The fourth-order valence-electron chi connectivity index (χ4n) is 2.45. The third-order valence-electron chi connectivity index (χ3n) is 3.44. The number of amides is 2. The highest BCUT2D eigenvalue weighted by Crippen LogP contribution is 2.29. The van der Waals surface area contributed by atoms with Crippen molar-refractivity contribution in [3.05, 3.63) is 35.4 Å². The van der Waals surface area contributed by atoms with Gasteiger partial charge in [-0.05, 0) is 30.5 Å². The molecule has 2 amide bonds. The molecule has 0 saturated carbocycles. The first-order valence-electron chi connectivity index (χ1n) is 6.70. The van der Waals surface area contributed by atoms with Crippen LogP contribution in [0.4, 0.5) is 4.79 Å². The number of nitrogens with one attached hydrogen (secondary N) is 1. The van der Waals surface area contributed by atoms with Crippen molar-refractivity contribution in [2.75, 3.05) is 19.6 Å². The van der Waals surface area contributed by atoms with Crippen LogP contribution < -0.4 is 11.1 Å². The molecule has 0 spiro atoms. The molecule has 1 unspecified atom stereocenters. The van der Waals surface area contributed by atoms with Gasteiger partial charge in [0.05, 0.1) is 0 Å².